The quantitative estimate of drug-likeness (QED) is 0.412. The third-order valence-electron chi connectivity index (χ3n) is 3.03. The van der Waals surface area contributed by atoms with Crippen molar-refractivity contribution in [1.29, 1.82) is 0 Å². The van der Waals surface area contributed by atoms with E-state index < -0.39 is 11.9 Å². The molecule has 0 unspecified atom stereocenters. The molecule has 0 aliphatic rings. The highest BCUT2D eigenvalue weighted by atomic mass is 79.9. The topological polar surface area (TPSA) is 74.6 Å². The molecule has 20 heavy (non-hydrogen) atoms. The lowest BCUT2D eigenvalue weighted by Crippen LogP contribution is -1.93. The molecule has 0 saturated heterocycles. The molecule has 0 atom stereocenters. The van der Waals surface area contributed by atoms with E-state index in [2.05, 4.69) is 0 Å². The number of carboxylic acids is 2. The molecule has 2 N–H and O–H groups in total. The first-order chi connectivity index (χ1) is 8.63. The van der Waals surface area contributed by atoms with Crippen LogP contribution in [0.1, 0.15) is 77.0 Å². The molecule has 0 fully saturated rings. The van der Waals surface area contributed by atoms with Crippen LogP contribution in [0.3, 0.4) is 0 Å². The number of aliphatic carboxylic acids is 2. The van der Waals surface area contributed by atoms with Crippen LogP contribution in [0.4, 0.5) is 0 Å². The highest BCUT2D eigenvalue weighted by Gasteiger charge is 1.98. The fourth-order valence-electron chi connectivity index (χ4n) is 1.97. The van der Waals surface area contributed by atoms with Gasteiger partial charge in [0.1, 0.15) is 0 Å². The zero-order valence-corrected chi connectivity index (χ0v) is 15.4. The lowest BCUT2D eigenvalue weighted by atomic mass is 10.1. The van der Waals surface area contributed by atoms with E-state index in [1.54, 1.807) is 0 Å². The number of hydrogen-bond donors (Lipinski definition) is 2. The van der Waals surface area contributed by atoms with Gasteiger partial charge in [0.15, 0.2) is 0 Å². The first-order valence-electron chi connectivity index (χ1n) is 7.06. The molecule has 0 saturated carbocycles. The summed E-state index contributed by atoms with van der Waals surface area (Å²) < 4.78 is 0. The van der Waals surface area contributed by atoms with Crippen LogP contribution in [-0.4, -0.2) is 22.2 Å². The normalized spacial score (nSPS) is 9.40. The zero-order chi connectivity index (χ0) is 13.6. The summed E-state index contributed by atoms with van der Waals surface area (Å²) in [6.45, 7) is 0. The van der Waals surface area contributed by atoms with Crippen molar-refractivity contribution < 1.29 is 19.8 Å². The van der Waals surface area contributed by atoms with Crippen LogP contribution in [0, 0.1) is 0 Å². The monoisotopic (exact) mass is 418 g/mol. The molecule has 0 aromatic rings. The van der Waals surface area contributed by atoms with Gasteiger partial charge in [-0.2, -0.15) is 0 Å². The first-order valence-corrected chi connectivity index (χ1v) is 7.06. The molecule has 0 bridgehead atoms. The Morgan fingerprint density at radius 2 is 0.700 bits per heavy atom. The molecule has 0 aromatic carbocycles. The lowest BCUT2D eigenvalue weighted by Gasteiger charge is -2.01. The van der Waals surface area contributed by atoms with Crippen LogP contribution >= 0.6 is 34.0 Å². The minimum absolute atomic E-state index is 0. The average molecular weight is 420 g/mol. The van der Waals surface area contributed by atoms with Gasteiger partial charge in [0.25, 0.3) is 0 Å². The number of carbonyl (C=O) groups is 2. The van der Waals surface area contributed by atoms with Gasteiger partial charge in [-0.3, -0.25) is 9.59 Å². The Morgan fingerprint density at radius 1 is 0.500 bits per heavy atom. The highest BCUT2D eigenvalue weighted by molar-refractivity contribution is 8.93. The van der Waals surface area contributed by atoms with Gasteiger partial charge in [-0.1, -0.05) is 51.4 Å². The summed E-state index contributed by atoms with van der Waals surface area (Å²) in [4.78, 5) is 20.5. The molecule has 0 aliphatic heterocycles. The Morgan fingerprint density at radius 3 is 0.900 bits per heavy atom. The summed E-state index contributed by atoms with van der Waals surface area (Å²) in [6, 6.07) is 0. The maximum atomic E-state index is 10.3. The van der Waals surface area contributed by atoms with E-state index in [4.69, 9.17) is 10.2 Å². The van der Waals surface area contributed by atoms with Gasteiger partial charge in [0.05, 0.1) is 0 Å². The van der Waals surface area contributed by atoms with Crippen molar-refractivity contribution in [1.82, 2.24) is 0 Å². The van der Waals surface area contributed by atoms with Crippen molar-refractivity contribution in [3.8, 4) is 0 Å². The van der Waals surface area contributed by atoms with Crippen molar-refractivity contribution in [2.45, 2.75) is 77.0 Å². The number of rotatable bonds is 13. The third kappa shape index (κ3) is 23.0. The fourth-order valence-corrected chi connectivity index (χ4v) is 1.97. The maximum Gasteiger partial charge on any atom is 0.303 e. The number of hydrogen-bond acceptors (Lipinski definition) is 2. The summed E-state index contributed by atoms with van der Waals surface area (Å²) in [7, 11) is 0. The van der Waals surface area contributed by atoms with E-state index >= 15 is 0 Å². The molecule has 0 amide bonds. The number of halogens is 2. The SMILES string of the molecule is Br.Br.O=C(O)CCCCCCCCCCCCC(=O)O. The van der Waals surface area contributed by atoms with E-state index in [1.807, 2.05) is 0 Å². The second kappa shape index (κ2) is 18.9. The Balaban J connectivity index is -0.00000144. The molecule has 0 aliphatic carbocycles. The second-order valence-electron chi connectivity index (χ2n) is 4.82. The van der Waals surface area contributed by atoms with Gasteiger partial charge < -0.3 is 10.2 Å². The standard InChI is InChI=1S/C14H26O4.2BrH/c15-13(16)11-9-7-5-3-1-2-4-6-8-10-12-14(17)18;;/h1-12H2,(H,15,16)(H,17,18);2*1H. The van der Waals surface area contributed by atoms with Crippen LogP contribution in [0.25, 0.3) is 0 Å². The van der Waals surface area contributed by atoms with Crippen LogP contribution in [0.15, 0.2) is 0 Å². The smallest absolute Gasteiger partial charge is 0.303 e. The minimum atomic E-state index is -0.698. The Bertz CT molecular complexity index is 211. The summed E-state index contributed by atoms with van der Waals surface area (Å²) in [5.74, 6) is -1.40. The lowest BCUT2D eigenvalue weighted by molar-refractivity contribution is -0.138. The Labute approximate surface area is 142 Å². The van der Waals surface area contributed by atoms with Crippen molar-refractivity contribution in [3.05, 3.63) is 0 Å². The Hall–Kier alpha value is -0.100. The minimum Gasteiger partial charge on any atom is -0.481 e. The van der Waals surface area contributed by atoms with Crippen LogP contribution in [-0.2, 0) is 9.59 Å². The summed E-state index contributed by atoms with van der Waals surface area (Å²) in [5.41, 5.74) is 0. The third-order valence-corrected chi connectivity index (χ3v) is 3.03. The maximum absolute atomic E-state index is 10.3. The molecule has 0 rings (SSSR count). The predicted octanol–water partition coefficient (Wildman–Crippen LogP) is 4.99. The summed E-state index contributed by atoms with van der Waals surface area (Å²) >= 11 is 0. The van der Waals surface area contributed by atoms with E-state index in [-0.39, 0.29) is 34.0 Å². The summed E-state index contributed by atoms with van der Waals surface area (Å²) in [5, 5.41) is 16.9. The Kier molecular flexibility index (Phi) is 23.5. The van der Waals surface area contributed by atoms with Gasteiger partial charge >= 0.3 is 11.9 Å². The van der Waals surface area contributed by atoms with Gasteiger partial charge in [-0.15, -0.1) is 34.0 Å². The van der Waals surface area contributed by atoms with E-state index in [1.165, 1.54) is 25.7 Å². The average Bonchev–Trinajstić information content (AvgIpc) is 2.29. The van der Waals surface area contributed by atoms with E-state index in [9.17, 15) is 9.59 Å². The van der Waals surface area contributed by atoms with Crippen LogP contribution in [0.2, 0.25) is 0 Å². The van der Waals surface area contributed by atoms with Crippen LogP contribution in [0.5, 0.6) is 0 Å². The van der Waals surface area contributed by atoms with E-state index in [0.29, 0.717) is 12.8 Å². The van der Waals surface area contributed by atoms with Crippen LogP contribution < -0.4 is 0 Å². The van der Waals surface area contributed by atoms with Gasteiger partial charge in [-0.05, 0) is 12.8 Å². The van der Waals surface area contributed by atoms with Gasteiger partial charge in [0, 0.05) is 12.8 Å². The molecule has 0 heterocycles. The zero-order valence-electron chi connectivity index (χ0n) is 12.0. The molecule has 122 valence electrons. The second-order valence-corrected chi connectivity index (χ2v) is 4.82. The first kappa shape index (κ1) is 24.9. The van der Waals surface area contributed by atoms with Gasteiger partial charge in [-0.25, -0.2) is 0 Å². The predicted molar refractivity (Wildman–Crippen MR) is 91.3 cm³/mol. The number of carboxylic acid groups (broad SMARTS) is 2. The van der Waals surface area contributed by atoms with E-state index in [0.717, 1.165) is 38.5 Å². The van der Waals surface area contributed by atoms with Crippen molar-refractivity contribution in [2.24, 2.45) is 0 Å². The fraction of sp³-hybridized carbons (Fsp3) is 0.857. The van der Waals surface area contributed by atoms with Crippen molar-refractivity contribution >= 4 is 45.9 Å². The molecular weight excluding hydrogens is 392 g/mol. The molecule has 0 aromatic heterocycles. The van der Waals surface area contributed by atoms with Crippen molar-refractivity contribution in [3.63, 3.8) is 0 Å². The molecule has 0 spiro atoms. The largest absolute Gasteiger partial charge is 0.481 e. The summed E-state index contributed by atoms with van der Waals surface area (Å²) in [6.07, 6.45) is 11.3. The molecule has 6 heteroatoms. The molecule has 4 nitrogen and oxygen atoms in total. The number of unbranched alkanes of at least 4 members (excludes halogenated alkanes) is 9. The van der Waals surface area contributed by atoms with Crippen molar-refractivity contribution in [2.75, 3.05) is 0 Å². The highest BCUT2D eigenvalue weighted by Crippen LogP contribution is 2.11. The van der Waals surface area contributed by atoms with Gasteiger partial charge in [0.2, 0.25) is 0 Å². The molecular formula is C14H28Br2O4. The molecule has 0 radical (unpaired) electrons.